The van der Waals surface area contributed by atoms with E-state index in [2.05, 4.69) is 11.6 Å². The quantitative estimate of drug-likeness (QED) is 0.412. The first-order valence-corrected chi connectivity index (χ1v) is 4.30. The van der Waals surface area contributed by atoms with E-state index in [-0.39, 0.29) is 0 Å². The highest BCUT2D eigenvalue weighted by molar-refractivity contribution is 7.96. The summed E-state index contributed by atoms with van der Waals surface area (Å²) in [5, 5.41) is 0. The monoisotopic (exact) mass is 132 g/mol. The predicted octanol–water partition coefficient (Wildman–Crippen LogP) is 2.06. The summed E-state index contributed by atoms with van der Waals surface area (Å²) in [6.07, 6.45) is 5.89. The standard InChI is InChI=1S/C6H14NS/c1-3-4-5-6-7-8-2/h3-6H2,1-2H3. The van der Waals surface area contributed by atoms with Crippen LogP contribution in [0.4, 0.5) is 0 Å². The van der Waals surface area contributed by atoms with Crippen LogP contribution < -0.4 is 4.72 Å². The van der Waals surface area contributed by atoms with Crippen molar-refractivity contribution in [1.82, 2.24) is 4.72 Å². The fraction of sp³-hybridized carbons (Fsp3) is 1.00. The van der Waals surface area contributed by atoms with Gasteiger partial charge < -0.3 is 0 Å². The lowest BCUT2D eigenvalue weighted by atomic mass is 10.3. The molecule has 0 atom stereocenters. The van der Waals surface area contributed by atoms with Gasteiger partial charge in [0.05, 0.1) is 0 Å². The Hall–Kier alpha value is 0.310. The van der Waals surface area contributed by atoms with Crippen molar-refractivity contribution < 1.29 is 0 Å². The molecule has 0 bridgehead atoms. The topological polar surface area (TPSA) is 14.1 Å². The second kappa shape index (κ2) is 7.31. The highest BCUT2D eigenvalue weighted by Crippen LogP contribution is 1.94. The molecule has 0 aliphatic carbocycles. The van der Waals surface area contributed by atoms with E-state index in [0.29, 0.717) is 0 Å². The number of hydrogen-bond donors (Lipinski definition) is 0. The van der Waals surface area contributed by atoms with Crippen molar-refractivity contribution in [2.24, 2.45) is 0 Å². The molecule has 0 heterocycles. The Balaban J connectivity index is 2.53. The van der Waals surface area contributed by atoms with Crippen LogP contribution in [0.5, 0.6) is 0 Å². The van der Waals surface area contributed by atoms with E-state index in [9.17, 15) is 0 Å². The van der Waals surface area contributed by atoms with Gasteiger partial charge in [-0.2, -0.15) is 4.72 Å². The fourth-order valence-corrected chi connectivity index (χ4v) is 0.829. The summed E-state index contributed by atoms with van der Waals surface area (Å²) in [5.41, 5.74) is 0. The van der Waals surface area contributed by atoms with Crippen LogP contribution in [0.1, 0.15) is 26.2 Å². The largest absolute Gasteiger partial charge is 0.176 e. The third kappa shape index (κ3) is 6.31. The van der Waals surface area contributed by atoms with Crippen LogP contribution in [0.3, 0.4) is 0 Å². The van der Waals surface area contributed by atoms with Crippen molar-refractivity contribution in [3.8, 4) is 0 Å². The van der Waals surface area contributed by atoms with Crippen LogP contribution in [-0.4, -0.2) is 12.8 Å². The molecule has 0 aromatic carbocycles. The maximum absolute atomic E-state index is 4.13. The molecule has 0 saturated carbocycles. The van der Waals surface area contributed by atoms with Crippen LogP contribution in [0.25, 0.3) is 0 Å². The third-order valence-electron chi connectivity index (χ3n) is 0.982. The van der Waals surface area contributed by atoms with E-state index in [4.69, 9.17) is 0 Å². The Morgan fingerprint density at radius 3 is 2.62 bits per heavy atom. The van der Waals surface area contributed by atoms with Gasteiger partial charge in [-0.1, -0.05) is 31.7 Å². The summed E-state index contributed by atoms with van der Waals surface area (Å²) < 4.78 is 4.13. The average molecular weight is 132 g/mol. The molecule has 8 heavy (non-hydrogen) atoms. The van der Waals surface area contributed by atoms with Gasteiger partial charge in [0.25, 0.3) is 0 Å². The summed E-state index contributed by atoms with van der Waals surface area (Å²) in [4.78, 5) is 0. The highest BCUT2D eigenvalue weighted by atomic mass is 32.2. The third-order valence-corrected chi connectivity index (χ3v) is 1.42. The van der Waals surface area contributed by atoms with Gasteiger partial charge in [0.1, 0.15) is 0 Å². The fourth-order valence-electron chi connectivity index (χ4n) is 0.518. The lowest BCUT2D eigenvalue weighted by molar-refractivity contribution is 0.705. The Morgan fingerprint density at radius 1 is 1.38 bits per heavy atom. The van der Waals surface area contributed by atoms with Crippen molar-refractivity contribution in [3.63, 3.8) is 0 Å². The minimum atomic E-state index is 1.04. The molecule has 0 rings (SSSR count). The van der Waals surface area contributed by atoms with Gasteiger partial charge in [0.15, 0.2) is 0 Å². The van der Waals surface area contributed by atoms with Crippen LogP contribution in [0.2, 0.25) is 0 Å². The van der Waals surface area contributed by atoms with E-state index in [0.717, 1.165) is 6.54 Å². The minimum Gasteiger partial charge on any atom is -0.176 e. The van der Waals surface area contributed by atoms with Crippen LogP contribution >= 0.6 is 11.9 Å². The zero-order valence-corrected chi connectivity index (χ0v) is 6.50. The Kier molecular flexibility index (Phi) is 7.59. The molecular formula is C6H14NS. The number of nitrogens with zero attached hydrogens (tertiary/aromatic N) is 1. The van der Waals surface area contributed by atoms with Gasteiger partial charge in [-0.25, -0.2) is 0 Å². The molecular weight excluding hydrogens is 118 g/mol. The first-order chi connectivity index (χ1) is 3.91. The SMILES string of the molecule is CCCCC[N]SC. The lowest BCUT2D eigenvalue weighted by Gasteiger charge is -1.93. The van der Waals surface area contributed by atoms with Crippen molar-refractivity contribution in [2.45, 2.75) is 26.2 Å². The molecule has 0 spiro atoms. The average Bonchev–Trinajstić information content (AvgIpc) is 1.81. The van der Waals surface area contributed by atoms with E-state index < -0.39 is 0 Å². The normalized spacial score (nSPS) is 9.75. The Labute approximate surface area is 56.4 Å². The van der Waals surface area contributed by atoms with Gasteiger partial charge in [-0.3, -0.25) is 0 Å². The maximum atomic E-state index is 4.13. The van der Waals surface area contributed by atoms with E-state index in [1.807, 2.05) is 6.26 Å². The van der Waals surface area contributed by atoms with Crippen LogP contribution in [0.15, 0.2) is 0 Å². The Morgan fingerprint density at radius 2 is 2.12 bits per heavy atom. The maximum Gasteiger partial charge on any atom is 0.0256 e. The number of unbranched alkanes of at least 4 members (excludes halogenated alkanes) is 2. The van der Waals surface area contributed by atoms with Crippen molar-refractivity contribution >= 4 is 11.9 Å². The molecule has 49 valence electrons. The molecule has 1 nitrogen and oxygen atoms in total. The molecule has 0 aromatic heterocycles. The first kappa shape index (κ1) is 8.31. The summed E-state index contributed by atoms with van der Waals surface area (Å²) in [6, 6.07) is 0. The highest BCUT2D eigenvalue weighted by Gasteiger charge is 1.83. The lowest BCUT2D eigenvalue weighted by Crippen LogP contribution is -1.94. The second-order valence-corrected chi connectivity index (χ2v) is 2.37. The number of rotatable bonds is 5. The second-order valence-electron chi connectivity index (χ2n) is 1.74. The van der Waals surface area contributed by atoms with Crippen molar-refractivity contribution in [1.29, 1.82) is 0 Å². The molecule has 1 radical (unpaired) electrons. The summed E-state index contributed by atoms with van der Waals surface area (Å²) in [5.74, 6) is 0. The van der Waals surface area contributed by atoms with Crippen LogP contribution in [-0.2, 0) is 0 Å². The summed E-state index contributed by atoms with van der Waals surface area (Å²) >= 11 is 1.58. The molecule has 0 fully saturated rings. The molecule has 0 saturated heterocycles. The molecule has 0 aliphatic rings. The van der Waals surface area contributed by atoms with Crippen molar-refractivity contribution in [2.75, 3.05) is 12.8 Å². The molecule has 0 N–H and O–H groups in total. The van der Waals surface area contributed by atoms with Gasteiger partial charge >= 0.3 is 0 Å². The van der Waals surface area contributed by atoms with Gasteiger partial charge in [-0.05, 0) is 12.7 Å². The van der Waals surface area contributed by atoms with Gasteiger partial charge in [0.2, 0.25) is 0 Å². The molecule has 0 aliphatic heterocycles. The number of hydrogen-bond acceptors (Lipinski definition) is 1. The molecule has 0 amide bonds. The van der Waals surface area contributed by atoms with E-state index in [1.54, 1.807) is 11.9 Å². The molecule has 0 unspecified atom stereocenters. The summed E-state index contributed by atoms with van der Waals surface area (Å²) in [6.45, 7) is 3.24. The van der Waals surface area contributed by atoms with Gasteiger partial charge in [-0.15, -0.1) is 0 Å². The molecule has 0 aromatic rings. The Bertz CT molecular complexity index is 33.5. The first-order valence-electron chi connectivity index (χ1n) is 3.11. The summed E-state index contributed by atoms with van der Waals surface area (Å²) in [7, 11) is 0. The van der Waals surface area contributed by atoms with E-state index in [1.165, 1.54) is 19.3 Å². The zero-order chi connectivity index (χ0) is 6.24. The van der Waals surface area contributed by atoms with E-state index >= 15 is 0 Å². The smallest absolute Gasteiger partial charge is 0.0256 e. The van der Waals surface area contributed by atoms with Gasteiger partial charge in [0, 0.05) is 6.54 Å². The van der Waals surface area contributed by atoms with Crippen LogP contribution in [0, 0.1) is 0 Å². The van der Waals surface area contributed by atoms with Crippen molar-refractivity contribution in [3.05, 3.63) is 0 Å². The predicted molar refractivity (Wildman–Crippen MR) is 40.0 cm³/mol. The minimum absolute atomic E-state index is 1.04. The zero-order valence-electron chi connectivity index (χ0n) is 5.68. The molecule has 2 heteroatoms.